The van der Waals surface area contributed by atoms with Gasteiger partial charge in [-0.3, -0.25) is 0 Å². The molecule has 19 heavy (non-hydrogen) atoms. The lowest BCUT2D eigenvalue weighted by atomic mass is 9.86. The van der Waals surface area contributed by atoms with E-state index >= 15 is 0 Å². The maximum atomic E-state index is 5.52. The lowest BCUT2D eigenvalue weighted by molar-refractivity contribution is 0.339. The van der Waals surface area contributed by atoms with E-state index in [0.29, 0.717) is 0 Å². The van der Waals surface area contributed by atoms with Crippen molar-refractivity contribution >= 4 is 23.0 Å². The Kier molecular flexibility index (Phi) is 2.35. The molecule has 2 aromatic rings. The number of hydrogen-bond acceptors (Lipinski definition) is 1. The first-order chi connectivity index (χ1) is 9.34. The number of hydrogen-bond donors (Lipinski definition) is 1. The summed E-state index contributed by atoms with van der Waals surface area (Å²) in [4.78, 5) is 2.31. The van der Waals surface area contributed by atoms with Gasteiger partial charge in [-0.1, -0.05) is 42.5 Å². The average Bonchev–Trinajstić information content (AvgIpc) is 2.47. The summed E-state index contributed by atoms with van der Waals surface area (Å²) in [6.07, 6.45) is 1.07. The highest BCUT2D eigenvalue weighted by atomic mass is 32.1. The molecule has 0 aliphatic carbocycles. The Balaban J connectivity index is 1.95. The zero-order valence-electron chi connectivity index (χ0n) is 10.5. The fourth-order valence-corrected chi connectivity index (χ4v) is 3.46. The molecule has 1 atom stereocenters. The molecule has 0 spiro atoms. The summed E-state index contributed by atoms with van der Waals surface area (Å²) in [6, 6.07) is 17.4. The molecular formula is C16H14N2S. The molecule has 1 N–H and O–H groups in total. The third-order valence-electron chi connectivity index (χ3n) is 4.04. The van der Waals surface area contributed by atoms with Gasteiger partial charge in [-0.25, -0.2) is 0 Å². The fraction of sp³-hybridized carbons (Fsp3) is 0.188. The summed E-state index contributed by atoms with van der Waals surface area (Å²) < 4.78 is 0. The van der Waals surface area contributed by atoms with E-state index in [-0.39, 0.29) is 6.04 Å². The Labute approximate surface area is 118 Å². The lowest BCUT2D eigenvalue weighted by Gasteiger charge is -2.43. The Morgan fingerprint density at radius 3 is 2.63 bits per heavy atom. The molecule has 0 saturated heterocycles. The van der Waals surface area contributed by atoms with Crippen LogP contribution in [0.25, 0.3) is 0 Å². The van der Waals surface area contributed by atoms with Crippen molar-refractivity contribution in [3.05, 3.63) is 65.2 Å². The van der Waals surface area contributed by atoms with Crippen LogP contribution in [0, 0.1) is 0 Å². The van der Waals surface area contributed by atoms with Crippen molar-refractivity contribution in [1.82, 2.24) is 4.90 Å². The van der Waals surface area contributed by atoms with Crippen LogP contribution in [0.2, 0.25) is 0 Å². The van der Waals surface area contributed by atoms with Crippen molar-refractivity contribution in [2.45, 2.75) is 12.5 Å². The molecule has 1 unspecified atom stereocenters. The lowest BCUT2D eigenvalue weighted by Crippen LogP contribution is -2.46. The van der Waals surface area contributed by atoms with Crippen LogP contribution in [0.1, 0.15) is 22.7 Å². The van der Waals surface area contributed by atoms with Gasteiger partial charge >= 0.3 is 0 Å². The van der Waals surface area contributed by atoms with E-state index in [9.17, 15) is 0 Å². The molecule has 94 valence electrons. The Morgan fingerprint density at radius 1 is 1.00 bits per heavy atom. The molecule has 2 aliphatic rings. The summed E-state index contributed by atoms with van der Waals surface area (Å²) in [5.74, 6) is 0. The second-order valence-electron chi connectivity index (χ2n) is 5.06. The standard InChI is InChI=1S/C16H14N2S/c19-16-17-14-8-4-3-7-13(14)15-12-6-2-1-5-11(12)9-10-18(15)16/h1-8,15H,9-10H2,(H,17,19). The third-order valence-corrected chi connectivity index (χ3v) is 4.38. The van der Waals surface area contributed by atoms with Crippen molar-refractivity contribution in [1.29, 1.82) is 0 Å². The van der Waals surface area contributed by atoms with Gasteiger partial charge in [-0.05, 0) is 35.8 Å². The zero-order chi connectivity index (χ0) is 12.8. The first-order valence-electron chi connectivity index (χ1n) is 6.59. The molecule has 4 rings (SSSR count). The van der Waals surface area contributed by atoms with Crippen molar-refractivity contribution in [2.75, 3.05) is 11.9 Å². The van der Waals surface area contributed by atoms with Crippen LogP contribution < -0.4 is 5.32 Å². The van der Waals surface area contributed by atoms with Crippen molar-refractivity contribution in [3.8, 4) is 0 Å². The number of anilines is 1. The number of nitrogens with zero attached hydrogens (tertiary/aromatic N) is 1. The number of benzene rings is 2. The summed E-state index contributed by atoms with van der Waals surface area (Å²) in [6.45, 7) is 0.988. The normalized spacial score (nSPS) is 20.1. The number of fused-ring (bicyclic) bond motifs is 5. The van der Waals surface area contributed by atoms with E-state index in [1.807, 2.05) is 0 Å². The first kappa shape index (κ1) is 11.0. The van der Waals surface area contributed by atoms with Crippen LogP contribution >= 0.6 is 12.2 Å². The summed E-state index contributed by atoms with van der Waals surface area (Å²) in [7, 11) is 0. The van der Waals surface area contributed by atoms with Crippen LogP contribution in [0.5, 0.6) is 0 Å². The fourth-order valence-electron chi connectivity index (χ4n) is 3.16. The molecule has 2 heterocycles. The Hall–Kier alpha value is -1.87. The van der Waals surface area contributed by atoms with E-state index in [1.165, 1.54) is 16.7 Å². The molecule has 0 saturated carbocycles. The van der Waals surface area contributed by atoms with Crippen LogP contribution in [0.3, 0.4) is 0 Å². The summed E-state index contributed by atoms with van der Waals surface area (Å²) in [5, 5.41) is 4.19. The summed E-state index contributed by atoms with van der Waals surface area (Å²) >= 11 is 5.52. The summed E-state index contributed by atoms with van der Waals surface area (Å²) in [5.41, 5.74) is 5.31. The molecule has 0 aromatic heterocycles. The minimum absolute atomic E-state index is 0.273. The highest BCUT2D eigenvalue weighted by Gasteiger charge is 2.34. The smallest absolute Gasteiger partial charge is 0.174 e. The number of rotatable bonds is 0. The van der Waals surface area contributed by atoms with E-state index in [1.54, 1.807) is 0 Å². The highest BCUT2D eigenvalue weighted by molar-refractivity contribution is 7.80. The quantitative estimate of drug-likeness (QED) is 0.736. The van der Waals surface area contributed by atoms with Crippen molar-refractivity contribution in [2.24, 2.45) is 0 Å². The van der Waals surface area contributed by atoms with Crippen LogP contribution in [0.4, 0.5) is 5.69 Å². The van der Waals surface area contributed by atoms with Gasteiger partial charge < -0.3 is 10.2 Å². The van der Waals surface area contributed by atoms with Crippen LogP contribution in [0.15, 0.2) is 48.5 Å². The molecule has 3 heteroatoms. The third kappa shape index (κ3) is 1.58. The minimum Gasteiger partial charge on any atom is -0.337 e. The van der Waals surface area contributed by atoms with Gasteiger partial charge in [-0.15, -0.1) is 0 Å². The first-order valence-corrected chi connectivity index (χ1v) is 7.00. The largest absolute Gasteiger partial charge is 0.337 e. The maximum absolute atomic E-state index is 5.52. The van der Waals surface area contributed by atoms with Crippen molar-refractivity contribution < 1.29 is 0 Å². The molecule has 0 amide bonds. The van der Waals surface area contributed by atoms with E-state index in [2.05, 4.69) is 58.7 Å². The minimum atomic E-state index is 0.273. The molecule has 0 fully saturated rings. The average molecular weight is 266 g/mol. The van der Waals surface area contributed by atoms with Gasteiger partial charge in [0.2, 0.25) is 0 Å². The molecule has 0 bridgehead atoms. The second kappa shape index (κ2) is 4.07. The predicted molar refractivity (Wildman–Crippen MR) is 81.4 cm³/mol. The van der Waals surface area contributed by atoms with E-state index in [4.69, 9.17) is 12.2 Å². The highest BCUT2D eigenvalue weighted by Crippen LogP contribution is 2.41. The number of nitrogens with one attached hydrogen (secondary N) is 1. The topological polar surface area (TPSA) is 15.3 Å². The van der Waals surface area contributed by atoms with E-state index in [0.717, 1.165) is 23.8 Å². The van der Waals surface area contributed by atoms with Gasteiger partial charge in [0.25, 0.3) is 0 Å². The molecule has 2 nitrogen and oxygen atoms in total. The zero-order valence-corrected chi connectivity index (χ0v) is 11.3. The Morgan fingerprint density at radius 2 is 1.74 bits per heavy atom. The van der Waals surface area contributed by atoms with Gasteiger partial charge in [-0.2, -0.15) is 0 Å². The van der Waals surface area contributed by atoms with Crippen LogP contribution in [-0.4, -0.2) is 16.6 Å². The number of para-hydroxylation sites is 1. The SMILES string of the molecule is S=C1Nc2ccccc2C2c3ccccc3CCN12. The maximum Gasteiger partial charge on any atom is 0.174 e. The van der Waals surface area contributed by atoms with Gasteiger partial charge in [0.1, 0.15) is 0 Å². The molecule has 2 aliphatic heterocycles. The van der Waals surface area contributed by atoms with E-state index < -0.39 is 0 Å². The monoisotopic (exact) mass is 266 g/mol. The molecule has 2 aromatic carbocycles. The van der Waals surface area contributed by atoms with Gasteiger partial charge in [0, 0.05) is 17.8 Å². The van der Waals surface area contributed by atoms with Crippen LogP contribution in [-0.2, 0) is 6.42 Å². The van der Waals surface area contributed by atoms with Crippen molar-refractivity contribution in [3.63, 3.8) is 0 Å². The second-order valence-corrected chi connectivity index (χ2v) is 5.45. The molecule has 0 radical (unpaired) electrons. The molecular weight excluding hydrogens is 252 g/mol. The Bertz CT molecular complexity index is 665. The van der Waals surface area contributed by atoms with Gasteiger partial charge in [0.15, 0.2) is 5.11 Å². The number of thiocarbonyl (C=S) groups is 1. The van der Waals surface area contributed by atoms with Gasteiger partial charge in [0.05, 0.1) is 6.04 Å². The predicted octanol–water partition coefficient (Wildman–Crippen LogP) is 3.34.